The van der Waals surface area contributed by atoms with Crippen LogP contribution in [0.4, 0.5) is 0 Å². The Hall–Kier alpha value is -1.48. The maximum Gasteiger partial charge on any atom is 0.0595 e. The number of nitrogens with zero attached hydrogens (tertiary/aromatic N) is 1. The number of hydrogen-bond acceptors (Lipinski definition) is 1. The van der Waals surface area contributed by atoms with Crippen molar-refractivity contribution in [3.63, 3.8) is 0 Å². The van der Waals surface area contributed by atoms with Gasteiger partial charge in [0.15, 0.2) is 0 Å². The Labute approximate surface area is 134 Å². The molecule has 0 aliphatic carbocycles. The molecule has 0 spiro atoms. The van der Waals surface area contributed by atoms with E-state index in [4.69, 9.17) is 23.2 Å². The van der Waals surface area contributed by atoms with Crippen LogP contribution in [0.1, 0.15) is 11.1 Å². The van der Waals surface area contributed by atoms with Gasteiger partial charge < -0.3 is 9.88 Å². The third-order valence-electron chi connectivity index (χ3n) is 3.55. The lowest BCUT2D eigenvalue weighted by Crippen LogP contribution is -2.04. The van der Waals surface area contributed by atoms with Gasteiger partial charge in [-0.25, -0.2) is 0 Å². The zero-order valence-corrected chi connectivity index (χ0v) is 13.2. The first kappa shape index (κ1) is 14.5. The van der Waals surface area contributed by atoms with Crippen LogP contribution in [0.5, 0.6) is 0 Å². The second-order valence-electron chi connectivity index (χ2n) is 5.12. The molecule has 4 heteroatoms. The van der Waals surface area contributed by atoms with Crippen molar-refractivity contribution in [3.05, 3.63) is 69.8 Å². The summed E-state index contributed by atoms with van der Waals surface area (Å²) >= 11 is 12.0. The monoisotopic (exact) mass is 318 g/mol. The number of aromatic nitrogens is 1. The molecule has 0 fully saturated rings. The quantitative estimate of drug-likeness (QED) is 0.736. The predicted molar refractivity (Wildman–Crippen MR) is 90.3 cm³/mol. The van der Waals surface area contributed by atoms with Crippen LogP contribution in [0.25, 0.3) is 10.9 Å². The van der Waals surface area contributed by atoms with E-state index in [-0.39, 0.29) is 0 Å². The molecule has 3 aromatic rings. The first-order valence-corrected chi connectivity index (χ1v) is 7.59. The molecule has 2 nitrogen and oxygen atoms in total. The number of rotatable bonds is 4. The van der Waals surface area contributed by atoms with Gasteiger partial charge in [0, 0.05) is 24.8 Å². The Morgan fingerprint density at radius 3 is 2.52 bits per heavy atom. The molecule has 0 radical (unpaired) electrons. The minimum Gasteiger partial charge on any atom is -0.343 e. The molecule has 2 aromatic carbocycles. The zero-order chi connectivity index (χ0) is 14.8. The largest absolute Gasteiger partial charge is 0.343 e. The van der Waals surface area contributed by atoms with E-state index < -0.39 is 0 Å². The molecular weight excluding hydrogens is 303 g/mol. The summed E-state index contributed by atoms with van der Waals surface area (Å²) in [4.78, 5) is 0. The molecule has 0 saturated heterocycles. The van der Waals surface area contributed by atoms with E-state index in [2.05, 4.69) is 40.3 Å². The van der Waals surface area contributed by atoms with Crippen molar-refractivity contribution >= 4 is 34.1 Å². The molecule has 0 bridgehead atoms. The topological polar surface area (TPSA) is 17.0 Å². The minimum atomic E-state index is 0.592. The van der Waals surface area contributed by atoms with Gasteiger partial charge in [-0.15, -0.1) is 0 Å². The summed E-state index contributed by atoms with van der Waals surface area (Å²) in [5.74, 6) is 0. The fraction of sp³-hybridized carbons (Fsp3) is 0.176. The van der Waals surface area contributed by atoms with Gasteiger partial charge in [0.1, 0.15) is 0 Å². The summed E-state index contributed by atoms with van der Waals surface area (Å²) in [7, 11) is 1.96. The summed E-state index contributed by atoms with van der Waals surface area (Å²) in [6.45, 7) is 1.67. The van der Waals surface area contributed by atoms with Gasteiger partial charge in [0.2, 0.25) is 0 Å². The van der Waals surface area contributed by atoms with E-state index in [1.807, 2.05) is 25.2 Å². The predicted octanol–water partition coefficient (Wildman–Crippen LogP) is 4.72. The molecular formula is C17H16Cl2N2. The molecule has 21 heavy (non-hydrogen) atoms. The fourth-order valence-corrected chi connectivity index (χ4v) is 2.86. The van der Waals surface area contributed by atoms with E-state index >= 15 is 0 Å². The van der Waals surface area contributed by atoms with Gasteiger partial charge in [-0.05, 0) is 53.9 Å². The van der Waals surface area contributed by atoms with Crippen molar-refractivity contribution in [1.82, 2.24) is 9.88 Å². The van der Waals surface area contributed by atoms with Crippen molar-refractivity contribution < 1.29 is 0 Å². The van der Waals surface area contributed by atoms with Crippen molar-refractivity contribution in [2.75, 3.05) is 7.05 Å². The molecule has 3 rings (SSSR count). The molecule has 0 atom stereocenters. The SMILES string of the molecule is CNCc1ccc2c(ccn2Cc2ccc(Cl)c(Cl)c2)c1. The minimum absolute atomic E-state index is 0.592. The second kappa shape index (κ2) is 6.10. The number of fused-ring (bicyclic) bond motifs is 1. The second-order valence-corrected chi connectivity index (χ2v) is 5.93. The Kier molecular flexibility index (Phi) is 4.20. The normalized spacial score (nSPS) is 11.2. The molecule has 108 valence electrons. The molecule has 0 unspecified atom stereocenters. The average molecular weight is 319 g/mol. The third-order valence-corrected chi connectivity index (χ3v) is 4.29. The Balaban J connectivity index is 1.91. The summed E-state index contributed by atoms with van der Waals surface area (Å²) < 4.78 is 2.22. The van der Waals surface area contributed by atoms with Crippen LogP contribution in [-0.4, -0.2) is 11.6 Å². The zero-order valence-electron chi connectivity index (χ0n) is 11.7. The van der Waals surface area contributed by atoms with E-state index in [1.165, 1.54) is 16.5 Å². The lowest BCUT2D eigenvalue weighted by molar-refractivity contribution is 0.817. The summed E-state index contributed by atoms with van der Waals surface area (Å²) in [6.07, 6.45) is 2.11. The Morgan fingerprint density at radius 1 is 0.952 bits per heavy atom. The van der Waals surface area contributed by atoms with Crippen molar-refractivity contribution in [2.45, 2.75) is 13.1 Å². The number of hydrogen-bond donors (Lipinski definition) is 1. The van der Waals surface area contributed by atoms with Gasteiger partial charge in [-0.1, -0.05) is 35.3 Å². The standard InChI is InChI=1S/C17H16Cl2N2/c1-20-10-12-3-5-17-14(8-12)6-7-21(17)11-13-2-4-15(18)16(19)9-13/h2-9,20H,10-11H2,1H3. The van der Waals surface area contributed by atoms with Crippen LogP contribution in [0, 0.1) is 0 Å². The van der Waals surface area contributed by atoms with E-state index in [9.17, 15) is 0 Å². The van der Waals surface area contributed by atoms with Gasteiger partial charge in [-0.3, -0.25) is 0 Å². The summed E-state index contributed by atoms with van der Waals surface area (Å²) in [5, 5.41) is 5.62. The molecule has 0 saturated carbocycles. The lowest BCUT2D eigenvalue weighted by Gasteiger charge is -2.08. The number of nitrogens with one attached hydrogen (secondary N) is 1. The van der Waals surface area contributed by atoms with Crippen molar-refractivity contribution in [1.29, 1.82) is 0 Å². The van der Waals surface area contributed by atoms with Crippen LogP contribution in [0.15, 0.2) is 48.7 Å². The van der Waals surface area contributed by atoms with Gasteiger partial charge in [0.25, 0.3) is 0 Å². The van der Waals surface area contributed by atoms with Gasteiger partial charge in [-0.2, -0.15) is 0 Å². The van der Waals surface area contributed by atoms with Crippen LogP contribution < -0.4 is 5.32 Å². The highest BCUT2D eigenvalue weighted by Gasteiger charge is 2.05. The van der Waals surface area contributed by atoms with E-state index in [0.29, 0.717) is 10.0 Å². The maximum absolute atomic E-state index is 6.08. The molecule has 1 heterocycles. The first-order valence-electron chi connectivity index (χ1n) is 6.83. The number of halogens is 2. The molecule has 0 aliphatic heterocycles. The van der Waals surface area contributed by atoms with Crippen LogP contribution in [0.2, 0.25) is 10.0 Å². The highest BCUT2D eigenvalue weighted by atomic mass is 35.5. The summed E-state index contributed by atoms with van der Waals surface area (Å²) in [6, 6.07) is 14.5. The van der Waals surface area contributed by atoms with E-state index in [0.717, 1.165) is 18.7 Å². The Morgan fingerprint density at radius 2 is 1.76 bits per heavy atom. The molecule has 1 aromatic heterocycles. The van der Waals surface area contributed by atoms with Crippen molar-refractivity contribution in [3.8, 4) is 0 Å². The molecule has 0 amide bonds. The summed E-state index contributed by atoms with van der Waals surface area (Å²) in [5.41, 5.74) is 3.65. The first-order chi connectivity index (χ1) is 10.2. The number of benzene rings is 2. The fourth-order valence-electron chi connectivity index (χ4n) is 2.54. The van der Waals surface area contributed by atoms with Gasteiger partial charge in [0.05, 0.1) is 10.0 Å². The average Bonchev–Trinajstić information content (AvgIpc) is 2.86. The van der Waals surface area contributed by atoms with Crippen molar-refractivity contribution in [2.24, 2.45) is 0 Å². The Bertz CT molecular complexity index is 778. The third kappa shape index (κ3) is 3.08. The molecule has 0 aliphatic rings. The smallest absolute Gasteiger partial charge is 0.0595 e. The van der Waals surface area contributed by atoms with Gasteiger partial charge >= 0.3 is 0 Å². The van der Waals surface area contributed by atoms with Crippen LogP contribution in [-0.2, 0) is 13.1 Å². The lowest BCUT2D eigenvalue weighted by atomic mass is 10.1. The highest BCUT2D eigenvalue weighted by Crippen LogP contribution is 2.24. The maximum atomic E-state index is 6.08. The van der Waals surface area contributed by atoms with E-state index in [1.54, 1.807) is 0 Å². The van der Waals surface area contributed by atoms with Crippen LogP contribution in [0.3, 0.4) is 0 Å². The van der Waals surface area contributed by atoms with Crippen LogP contribution >= 0.6 is 23.2 Å². The highest BCUT2D eigenvalue weighted by molar-refractivity contribution is 6.42. The molecule has 1 N–H and O–H groups in total.